The van der Waals surface area contributed by atoms with Gasteiger partial charge < -0.3 is 19.2 Å². The van der Waals surface area contributed by atoms with Gasteiger partial charge in [-0.25, -0.2) is 19.9 Å². The summed E-state index contributed by atoms with van der Waals surface area (Å²) in [4.78, 5) is 29.5. The molecule has 1 aromatic carbocycles. The number of benzene rings is 1. The van der Waals surface area contributed by atoms with E-state index in [1.165, 1.54) is 6.33 Å². The standard InChI is InChI=1S/C25H22BrN7O3/c1-2-18-21(26)20-23(31-18)32-25(36-16-10-27-12-28-11-16)33-24(20)35-15-3-4-17-19(9-15)29-13-30-22(17)14-5-7-34-8-6-14/h3-4,9-14H,2,5-8H2,1H3,(H,31,32,33). The SMILES string of the molecule is CCc1[nH]c2nc(Oc3cncnc3)nc(Oc3ccc4c(C5CCOCC5)ncnc4c3)c2c1Br. The molecule has 0 saturated carbocycles. The number of H-pyrrole nitrogens is 1. The van der Waals surface area contributed by atoms with Gasteiger partial charge in [0.25, 0.3) is 0 Å². The summed E-state index contributed by atoms with van der Waals surface area (Å²) in [5, 5.41) is 1.75. The van der Waals surface area contributed by atoms with Gasteiger partial charge in [-0.2, -0.15) is 9.97 Å². The molecule has 1 aliphatic heterocycles. The highest BCUT2D eigenvalue weighted by molar-refractivity contribution is 9.10. The van der Waals surface area contributed by atoms with E-state index in [1.807, 2.05) is 18.2 Å². The summed E-state index contributed by atoms with van der Waals surface area (Å²) >= 11 is 3.68. The van der Waals surface area contributed by atoms with Crippen molar-refractivity contribution in [2.75, 3.05) is 13.2 Å². The normalized spacial score (nSPS) is 14.4. The zero-order valence-corrected chi connectivity index (χ0v) is 21.0. The molecule has 1 saturated heterocycles. The molecule has 1 fully saturated rings. The fourth-order valence-corrected chi connectivity index (χ4v) is 5.13. The Morgan fingerprint density at radius 2 is 1.86 bits per heavy atom. The van der Waals surface area contributed by atoms with Crippen LogP contribution >= 0.6 is 15.9 Å². The first-order chi connectivity index (χ1) is 17.7. The molecule has 1 N–H and O–H groups in total. The molecular weight excluding hydrogens is 526 g/mol. The van der Waals surface area contributed by atoms with E-state index in [4.69, 9.17) is 14.2 Å². The zero-order valence-electron chi connectivity index (χ0n) is 19.4. The van der Waals surface area contributed by atoms with Crippen LogP contribution in [0.5, 0.6) is 23.4 Å². The van der Waals surface area contributed by atoms with Crippen LogP contribution in [-0.2, 0) is 11.2 Å². The van der Waals surface area contributed by atoms with Crippen molar-refractivity contribution in [1.29, 1.82) is 0 Å². The predicted molar refractivity (Wildman–Crippen MR) is 135 cm³/mol. The zero-order chi connectivity index (χ0) is 24.5. The Balaban J connectivity index is 1.39. The second-order valence-electron chi connectivity index (χ2n) is 8.41. The Labute approximate surface area is 214 Å². The second kappa shape index (κ2) is 9.75. The molecule has 0 unspecified atom stereocenters. The molecule has 0 amide bonds. The van der Waals surface area contributed by atoms with Crippen LogP contribution in [0.15, 0.2) is 47.7 Å². The maximum absolute atomic E-state index is 6.31. The number of aromatic amines is 1. The fourth-order valence-electron chi connectivity index (χ4n) is 4.39. The Bertz CT molecular complexity index is 1540. The average Bonchev–Trinajstić information content (AvgIpc) is 3.24. The van der Waals surface area contributed by atoms with E-state index in [0.29, 0.717) is 28.9 Å². The van der Waals surface area contributed by atoms with Crippen molar-refractivity contribution in [3.8, 4) is 23.4 Å². The first kappa shape index (κ1) is 22.7. The smallest absolute Gasteiger partial charge is 0.327 e. The molecule has 5 aromatic rings. The number of fused-ring (bicyclic) bond motifs is 2. The molecule has 5 heterocycles. The number of halogens is 1. The molecule has 0 atom stereocenters. The van der Waals surface area contributed by atoms with Gasteiger partial charge in [-0.05, 0) is 47.3 Å². The lowest BCUT2D eigenvalue weighted by atomic mass is 9.93. The summed E-state index contributed by atoms with van der Waals surface area (Å²) in [5.74, 6) is 1.74. The minimum atomic E-state index is 0.119. The number of hydrogen-bond acceptors (Lipinski definition) is 9. The lowest BCUT2D eigenvalue weighted by Crippen LogP contribution is -2.15. The first-order valence-electron chi connectivity index (χ1n) is 11.7. The fraction of sp³-hybridized carbons (Fsp3) is 0.280. The van der Waals surface area contributed by atoms with Crippen molar-refractivity contribution in [3.05, 3.63) is 59.1 Å². The van der Waals surface area contributed by atoms with Gasteiger partial charge in [-0.3, -0.25) is 0 Å². The average molecular weight is 548 g/mol. The third kappa shape index (κ3) is 4.35. The van der Waals surface area contributed by atoms with Crippen LogP contribution in [0.3, 0.4) is 0 Å². The molecule has 36 heavy (non-hydrogen) atoms. The van der Waals surface area contributed by atoms with Crippen LogP contribution in [-0.4, -0.2) is 48.1 Å². The Kier molecular flexibility index (Phi) is 6.16. The van der Waals surface area contributed by atoms with Crippen LogP contribution in [0.2, 0.25) is 0 Å². The monoisotopic (exact) mass is 547 g/mol. The summed E-state index contributed by atoms with van der Waals surface area (Å²) in [6.45, 7) is 3.57. The summed E-state index contributed by atoms with van der Waals surface area (Å²) < 4.78 is 18.5. The predicted octanol–water partition coefficient (Wildman–Crippen LogP) is 5.49. The highest BCUT2D eigenvalue weighted by Gasteiger charge is 2.22. The number of nitrogens with zero attached hydrogens (tertiary/aromatic N) is 6. The Morgan fingerprint density at radius 1 is 1.03 bits per heavy atom. The lowest BCUT2D eigenvalue weighted by Gasteiger charge is -2.22. The van der Waals surface area contributed by atoms with Gasteiger partial charge in [-0.1, -0.05) is 6.92 Å². The lowest BCUT2D eigenvalue weighted by molar-refractivity contribution is 0.0848. The van der Waals surface area contributed by atoms with Crippen molar-refractivity contribution in [1.82, 2.24) is 34.9 Å². The molecule has 10 nitrogen and oxygen atoms in total. The van der Waals surface area contributed by atoms with E-state index in [1.54, 1.807) is 18.7 Å². The first-order valence-corrected chi connectivity index (χ1v) is 12.5. The molecule has 4 aromatic heterocycles. The van der Waals surface area contributed by atoms with E-state index in [9.17, 15) is 0 Å². The van der Waals surface area contributed by atoms with Crippen LogP contribution in [0.1, 0.15) is 37.1 Å². The number of rotatable bonds is 6. The third-order valence-electron chi connectivity index (χ3n) is 6.17. The highest BCUT2D eigenvalue weighted by atomic mass is 79.9. The minimum Gasteiger partial charge on any atom is -0.438 e. The molecule has 0 radical (unpaired) electrons. The Hall–Kier alpha value is -3.70. The van der Waals surface area contributed by atoms with Crippen molar-refractivity contribution >= 4 is 37.9 Å². The molecule has 11 heteroatoms. The number of aromatic nitrogens is 7. The minimum absolute atomic E-state index is 0.119. The van der Waals surface area contributed by atoms with Crippen molar-refractivity contribution in [3.63, 3.8) is 0 Å². The summed E-state index contributed by atoms with van der Waals surface area (Å²) in [7, 11) is 0. The van der Waals surface area contributed by atoms with Gasteiger partial charge in [0.15, 0.2) is 5.75 Å². The molecular formula is C25H22BrN7O3. The molecule has 182 valence electrons. The van der Waals surface area contributed by atoms with E-state index >= 15 is 0 Å². The van der Waals surface area contributed by atoms with Crippen molar-refractivity contribution in [2.45, 2.75) is 32.1 Å². The highest BCUT2D eigenvalue weighted by Crippen LogP contribution is 2.38. The number of nitrogens with one attached hydrogen (secondary N) is 1. The topological polar surface area (TPSA) is 121 Å². The summed E-state index contributed by atoms with van der Waals surface area (Å²) in [6.07, 6.45) is 8.83. The van der Waals surface area contributed by atoms with E-state index in [2.05, 4.69) is 57.7 Å². The third-order valence-corrected chi connectivity index (χ3v) is 7.05. The molecule has 0 spiro atoms. The van der Waals surface area contributed by atoms with Gasteiger partial charge in [0.2, 0.25) is 5.88 Å². The van der Waals surface area contributed by atoms with Crippen molar-refractivity contribution < 1.29 is 14.2 Å². The van der Waals surface area contributed by atoms with E-state index < -0.39 is 0 Å². The Morgan fingerprint density at radius 3 is 2.67 bits per heavy atom. The molecule has 0 aliphatic carbocycles. The molecule has 6 rings (SSSR count). The van der Waals surface area contributed by atoms with Crippen LogP contribution in [0.25, 0.3) is 21.9 Å². The summed E-state index contributed by atoms with van der Waals surface area (Å²) in [6, 6.07) is 5.94. The van der Waals surface area contributed by atoms with Gasteiger partial charge >= 0.3 is 6.01 Å². The number of ether oxygens (including phenoxy) is 3. The second-order valence-corrected chi connectivity index (χ2v) is 9.20. The van der Waals surface area contributed by atoms with Gasteiger partial charge in [-0.15, -0.1) is 0 Å². The number of aryl methyl sites for hydroxylation is 1. The molecule has 1 aliphatic rings. The maximum Gasteiger partial charge on any atom is 0.327 e. The van der Waals surface area contributed by atoms with Gasteiger partial charge in [0.05, 0.1) is 33.5 Å². The van der Waals surface area contributed by atoms with Crippen LogP contribution in [0.4, 0.5) is 0 Å². The van der Waals surface area contributed by atoms with E-state index in [0.717, 1.165) is 64.6 Å². The van der Waals surface area contributed by atoms with E-state index in [-0.39, 0.29) is 6.01 Å². The maximum atomic E-state index is 6.31. The van der Waals surface area contributed by atoms with Crippen molar-refractivity contribution in [2.24, 2.45) is 0 Å². The summed E-state index contributed by atoms with van der Waals surface area (Å²) in [5.41, 5.74) is 3.45. The van der Waals surface area contributed by atoms with Gasteiger partial charge in [0.1, 0.15) is 24.1 Å². The quantitative estimate of drug-likeness (QED) is 0.293. The number of hydrogen-bond donors (Lipinski definition) is 1. The molecule has 0 bridgehead atoms. The van der Waals surface area contributed by atoms with Gasteiger partial charge in [0, 0.05) is 36.3 Å². The largest absolute Gasteiger partial charge is 0.438 e. The van der Waals surface area contributed by atoms with Crippen LogP contribution < -0.4 is 9.47 Å². The van der Waals surface area contributed by atoms with Crippen LogP contribution in [0, 0.1) is 0 Å².